The molecule has 0 N–H and O–H groups in total. The molecule has 1 heterocycles. The first-order valence-corrected chi connectivity index (χ1v) is 23.0. The Balaban J connectivity index is 0.00000147. The molecule has 314 valence electrons. The summed E-state index contributed by atoms with van der Waals surface area (Å²) in [5.74, 6) is 4.13. The minimum Gasteiger partial charge on any atom is -0.462 e. The van der Waals surface area contributed by atoms with E-state index in [9.17, 15) is 9.59 Å². The summed E-state index contributed by atoms with van der Waals surface area (Å²) in [6.07, 6.45) is 16.8. The fourth-order valence-corrected chi connectivity index (χ4v) is 16.5. The van der Waals surface area contributed by atoms with Gasteiger partial charge in [-0.15, -0.1) is 0 Å². The van der Waals surface area contributed by atoms with Gasteiger partial charge in [-0.1, -0.05) is 85.7 Å². The van der Waals surface area contributed by atoms with Gasteiger partial charge in [0.15, 0.2) is 0 Å². The van der Waals surface area contributed by atoms with Crippen molar-refractivity contribution in [3.05, 3.63) is 35.9 Å². The third-order valence-corrected chi connectivity index (χ3v) is 20.4. The van der Waals surface area contributed by atoms with Gasteiger partial charge in [-0.3, -0.25) is 9.59 Å². The molecule has 7 nitrogen and oxygen atoms in total. The summed E-state index contributed by atoms with van der Waals surface area (Å²) in [5, 5.41) is 0. The fourth-order valence-electron chi connectivity index (χ4n) is 16.5. The third-order valence-electron chi connectivity index (χ3n) is 20.4. The van der Waals surface area contributed by atoms with Crippen molar-refractivity contribution in [2.45, 2.75) is 151 Å². The predicted molar refractivity (Wildman–Crippen MR) is 219 cm³/mol. The number of carbonyl (C=O) groups excluding carboxylic acids is 4. The first kappa shape index (κ1) is 41.2. The smallest absolute Gasteiger partial charge is 0.373 e. The number of benzene rings is 1. The Morgan fingerprint density at radius 2 is 1.42 bits per heavy atom. The summed E-state index contributed by atoms with van der Waals surface area (Å²) < 4.78 is 12.4. The summed E-state index contributed by atoms with van der Waals surface area (Å²) in [4.78, 5) is 47.3. The van der Waals surface area contributed by atoms with E-state index in [1.54, 1.807) is 0 Å². The van der Waals surface area contributed by atoms with Crippen LogP contribution in [0.4, 0.5) is 0 Å². The number of carbonyl (C=O) groups is 2. The van der Waals surface area contributed by atoms with Crippen molar-refractivity contribution in [1.82, 2.24) is 4.90 Å². The van der Waals surface area contributed by atoms with Crippen LogP contribution in [0.15, 0.2) is 30.3 Å². The zero-order chi connectivity index (χ0) is 40.8. The van der Waals surface area contributed by atoms with Crippen LogP contribution in [-0.2, 0) is 35.1 Å². The van der Waals surface area contributed by atoms with Gasteiger partial charge in [0, 0.05) is 18.5 Å². The van der Waals surface area contributed by atoms with Crippen LogP contribution >= 0.6 is 0 Å². The number of esters is 1. The Bertz CT molecular complexity index is 1720. The first-order chi connectivity index (χ1) is 26.9. The molecule has 0 radical (unpaired) electrons. The lowest BCUT2D eigenvalue weighted by molar-refractivity contribution is -0.253. The van der Waals surface area contributed by atoms with E-state index in [-0.39, 0.29) is 56.6 Å². The highest BCUT2D eigenvalue weighted by atomic mass is 16.5. The van der Waals surface area contributed by atoms with E-state index >= 15 is 0 Å². The molecular weight excluding hydrogens is 711 g/mol. The Kier molecular flexibility index (Phi) is 10.4. The van der Waals surface area contributed by atoms with Crippen molar-refractivity contribution >= 4 is 18.0 Å². The van der Waals surface area contributed by atoms with Crippen molar-refractivity contribution in [2.24, 2.45) is 79.3 Å². The molecule has 9 rings (SSSR count). The lowest BCUT2D eigenvalue weighted by Crippen LogP contribution is -2.68. The van der Waals surface area contributed by atoms with Crippen molar-refractivity contribution in [1.29, 1.82) is 0 Å². The van der Waals surface area contributed by atoms with Gasteiger partial charge >= 0.3 is 12.1 Å². The van der Waals surface area contributed by atoms with Gasteiger partial charge in [0.1, 0.15) is 6.10 Å². The zero-order valence-electron chi connectivity index (χ0n) is 36.6. The topological polar surface area (TPSA) is 90.0 Å². The van der Waals surface area contributed by atoms with Crippen molar-refractivity contribution in [3.8, 4) is 0 Å². The summed E-state index contributed by atoms with van der Waals surface area (Å²) in [6, 6.07) is 10.8. The molecule has 7 aliphatic carbocycles. The van der Waals surface area contributed by atoms with Crippen molar-refractivity contribution < 1.29 is 28.7 Å². The van der Waals surface area contributed by atoms with Gasteiger partial charge in [0.05, 0.1) is 24.5 Å². The minimum atomic E-state index is -0.164. The van der Waals surface area contributed by atoms with Gasteiger partial charge in [-0.05, 0) is 158 Å². The van der Waals surface area contributed by atoms with E-state index < -0.39 is 0 Å². The lowest BCUT2D eigenvalue weighted by atomic mass is 9.32. The van der Waals surface area contributed by atoms with Crippen LogP contribution in [0.1, 0.15) is 144 Å². The van der Waals surface area contributed by atoms with E-state index in [2.05, 4.69) is 90.6 Å². The monoisotopic (exact) mass is 784 g/mol. The number of morpholine rings is 1. The molecular formula is C50H73NO6. The van der Waals surface area contributed by atoms with E-state index in [1.165, 1.54) is 56.9 Å². The van der Waals surface area contributed by atoms with Crippen molar-refractivity contribution in [2.75, 3.05) is 26.3 Å². The SMILES string of the molecule is CC1([C@@H]2CC[C@]3(C(=O)N4CCOCC4)CC[C@]4(C)[C@H](CC[C@@H]5[C@@]6(C)CC[C@H](OC(=O)[C@H]7C[C@@H](Cc8ccccc8)C7(C)C)C(C)(C)[C@@H]6CC[C@]54C)[C@@H]23)CC1.O=C=O. The molecule has 7 heteroatoms. The number of nitrogens with zero attached hydrogens (tertiary/aromatic N) is 1. The fraction of sp³-hybridized carbons (Fsp3) is 0.820. The predicted octanol–water partition coefficient (Wildman–Crippen LogP) is 9.96. The highest BCUT2D eigenvalue weighted by molar-refractivity contribution is 5.84. The summed E-state index contributed by atoms with van der Waals surface area (Å²) >= 11 is 0. The molecule has 12 atom stereocenters. The number of amides is 1. The highest BCUT2D eigenvalue weighted by Crippen LogP contribution is 2.79. The summed E-state index contributed by atoms with van der Waals surface area (Å²) in [6.45, 7) is 23.1. The maximum absolute atomic E-state index is 14.8. The number of hydrogen-bond acceptors (Lipinski definition) is 6. The molecule has 7 saturated carbocycles. The van der Waals surface area contributed by atoms with Gasteiger partial charge in [-0.2, -0.15) is 9.59 Å². The average Bonchev–Trinajstić information content (AvgIpc) is 3.80. The molecule has 0 aromatic heterocycles. The van der Waals surface area contributed by atoms with Gasteiger partial charge in [-0.25, -0.2) is 0 Å². The Morgan fingerprint density at radius 3 is 2.07 bits per heavy atom. The quantitative estimate of drug-likeness (QED) is 0.267. The van der Waals surface area contributed by atoms with Crippen LogP contribution in [0.25, 0.3) is 0 Å². The van der Waals surface area contributed by atoms with Crippen molar-refractivity contribution in [3.63, 3.8) is 0 Å². The maximum Gasteiger partial charge on any atom is 0.373 e. The molecule has 1 aromatic carbocycles. The molecule has 8 aliphatic rings. The third kappa shape index (κ3) is 6.18. The van der Waals surface area contributed by atoms with Crippen LogP contribution in [0, 0.1) is 79.3 Å². The number of rotatable bonds is 6. The average molecular weight is 784 g/mol. The Morgan fingerprint density at radius 1 is 0.737 bits per heavy atom. The van der Waals surface area contributed by atoms with Gasteiger partial charge in [0.2, 0.25) is 5.91 Å². The standard InChI is InChI=1S/C49H73NO4.CO2/c1-43(2)33(30-32-12-10-9-11-13-32)31-36(43)41(51)54-39-18-19-46(6)37(44(39,3)4)17-20-48(8)38(46)15-14-35-40-34(45(5)22-23-45)16-21-49(40,25-24-47(35,48)7)42(52)50-26-28-53-29-27-50;2-1-3/h9-13,33-40H,14-31H2,1-8H3;/t33-,34-,35-,36-,37+,38-,39+,40-,46+,47-,48-,49+;/m1./s1. The van der Waals surface area contributed by atoms with Crippen LogP contribution < -0.4 is 0 Å². The van der Waals surface area contributed by atoms with Crippen LogP contribution in [0.5, 0.6) is 0 Å². The van der Waals surface area contributed by atoms with E-state index in [1.807, 2.05) is 0 Å². The Labute approximate surface area is 343 Å². The lowest BCUT2D eigenvalue weighted by Gasteiger charge is -2.73. The van der Waals surface area contributed by atoms with Crippen LogP contribution in [0.3, 0.4) is 0 Å². The molecule has 1 amide bonds. The first-order valence-electron chi connectivity index (χ1n) is 23.0. The van der Waals surface area contributed by atoms with Gasteiger partial charge < -0.3 is 14.4 Å². The van der Waals surface area contributed by atoms with E-state index in [0.29, 0.717) is 60.0 Å². The van der Waals surface area contributed by atoms with Crippen LogP contribution in [0.2, 0.25) is 0 Å². The molecule has 1 saturated heterocycles. The second-order valence-corrected chi connectivity index (χ2v) is 22.9. The summed E-state index contributed by atoms with van der Waals surface area (Å²) in [7, 11) is 0. The molecule has 8 fully saturated rings. The molecule has 0 bridgehead atoms. The van der Waals surface area contributed by atoms with E-state index in [0.717, 1.165) is 51.6 Å². The molecule has 57 heavy (non-hydrogen) atoms. The summed E-state index contributed by atoms with van der Waals surface area (Å²) in [5.41, 5.74) is 2.30. The number of hydrogen-bond donors (Lipinski definition) is 0. The van der Waals surface area contributed by atoms with E-state index in [4.69, 9.17) is 19.1 Å². The minimum absolute atomic E-state index is 0.00828. The molecule has 0 unspecified atom stereocenters. The van der Waals surface area contributed by atoms with Gasteiger partial charge in [0.25, 0.3) is 0 Å². The normalized spacial score (nSPS) is 44.5. The molecule has 0 spiro atoms. The number of ether oxygens (including phenoxy) is 2. The maximum atomic E-state index is 14.8. The second-order valence-electron chi connectivity index (χ2n) is 22.9. The largest absolute Gasteiger partial charge is 0.462 e. The molecule has 1 aromatic rings. The number of fused-ring (bicyclic) bond motifs is 7. The zero-order valence-corrected chi connectivity index (χ0v) is 36.6. The second kappa shape index (κ2) is 14.3. The highest BCUT2D eigenvalue weighted by Gasteiger charge is 2.74. The molecule has 1 aliphatic heterocycles. The van der Waals surface area contributed by atoms with Crippen LogP contribution in [-0.4, -0.2) is 55.3 Å². The Hall–Kier alpha value is -2.50.